The lowest BCUT2D eigenvalue weighted by molar-refractivity contribution is 0.0994. The molecule has 4 rings (SSSR count). The Bertz CT molecular complexity index is 1140. The highest BCUT2D eigenvalue weighted by Crippen LogP contribution is 2.46. The minimum absolute atomic E-state index is 0.0853. The van der Waals surface area contributed by atoms with Crippen LogP contribution in [0.2, 0.25) is 0 Å². The van der Waals surface area contributed by atoms with Gasteiger partial charge in [-0.15, -0.1) is 0 Å². The van der Waals surface area contributed by atoms with Crippen LogP contribution in [0.4, 0.5) is 5.82 Å². The molecule has 2 aromatic heterocycles. The zero-order valence-electron chi connectivity index (χ0n) is 18.9. The van der Waals surface area contributed by atoms with Crippen LogP contribution in [0.3, 0.4) is 0 Å². The number of furan rings is 1. The third kappa shape index (κ3) is 4.09. The molecule has 0 unspecified atom stereocenters. The Labute approximate surface area is 183 Å². The number of carbonyl (C=O) groups excluding carboxylic acids is 1. The summed E-state index contributed by atoms with van der Waals surface area (Å²) in [5.41, 5.74) is 5.64. The van der Waals surface area contributed by atoms with Gasteiger partial charge < -0.3 is 14.8 Å². The van der Waals surface area contributed by atoms with E-state index in [1.165, 1.54) is 47.4 Å². The fourth-order valence-corrected chi connectivity index (χ4v) is 4.40. The molecule has 0 spiro atoms. The van der Waals surface area contributed by atoms with Crippen LogP contribution < -0.4 is 5.32 Å². The summed E-state index contributed by atoms with van der Waals surface area (Å²) in [6.45, 7) is 11.5. The van der Waals surface area contributed by atoms with Crippen molar-refractivity contribution < 1.29 is 14.3 Å². The normalized spacial score (nSPS) is 16.5. The highest BCUT2D eigenvalue weighted by atomic mass is 16.3. The summed E-state index contributed by atoms with van der Waals surface area (Å²) in [5.74, 6) is 0.507. The summed E-state index contributed by atoms with van der Waals surface area (Å²) in [4.78, 5) is 16.5. The molecule has 2 heterocycles. The number of rotatable bonds is 4. The van der Waals surface area contributed by atoms with Crippen molar-refractivity contribution in [2.45, 2.75) is 64.7 Å². The number of aromatic hydroxyl groups is 1. The van der Waals surface area contributed by atoms with E-state index in [1.54, 1.807) is 12.1 Å². The Morgan fingerprint density at radius 1 is 1.10 bits per heavy atom. The van der Waals surface area contributed by atoms with Gasteiger partial charge in [-0.2, -0.15) is 0 Å². The Balaban J connectivity index is 1.58. The lowest BCUT2D eigenvalue weighted by Gasteiger charge is -2.42. The number of aryl methyl sites for hydroxylation is 1. The maximum absolute atomic E-state index is 12.5. The van der Waals surface area contributed by atoms with Crippen molar-refractivity contribution in [1.82, 2.24) is 4.98 Å². The van der Waals surface area contributed by atoms with E-state index < -0.39 is 5.91 Å². The number of aromatic nitrogens is 1. The largest absolute Gasteiger partial charge is 0.504 e. The molecule has 1 aliphatic carbocycles. The Kier molecular flexibility index (Phi) is 5.16. The van der Waals surface area contributed by atoms with E-state index in [4.69, 9.17) is 4.42 Å². The summed E-state index contributed by atoms with van der Waals surface area (Å²) < 4.78 is 5.83. The number of pyridine rings is 1. The number of fused-ring (bicyclic) bond motifs is 1. The second-order valence-corrected chi connectivity index (χ2v) is 9.86. The minimum atomic E-state index is -0.440. The lowest BCUT2D eigenvalue weighted by Crippen LogP contribution is -2.34. The van der Waals surface area contributed by atoms with Crippen LogP contribution in [-0.4, -0.2) is 16.0 Å². The van der Waals surface area contributed by atoms with E-state index in [0.717, 1.165) is 5.76 Å². The average molecular weight is 419 g/mol. The van der Waals surface area contributed by atoms with Gasteiger partial charge in [-0.05, 0) is 77.1 Å². The first kappa shape index (κ1) is 21.2. The summed E-state index contributed by atoms with van der Waals surface area (Å²) in [5, 5.41) is 12.4. The molecule has 1 aliphatic rings. The molecule has 2 N–H and O–H groups in total. The number of nitrogens with zero attached hydrogens (tertiary/aromatic N) is 1. The molecule has 0 atom stereocenters. The number of anilines is 1. The Morgan fingerprint density at radius 2 is 1.77 bits per heavy atom. The third-order valence-electron chi connectivity index (χ3n) is 6.58. The monoisotopic (exact) mass is 418 g/mol. The maximum atomic E-state index is 12.5. The molecule has 5 nitrogen and oxygen atoms in total. The fraction of sp³-hybridized carbons (Fsp3) is 0.385. The van der Waals surface area contributed by atoms with Crippen LogP contribution in [0.15, 0.2) is 47.0 Å². The first-order chi connectivity index (χ1) is 14.6. The van der Waals surface area contributed by atoms with Crippen LogP contribution >= 0.6 is 0 Å². The van der Waals surface area contributed by atoms with Crippen molar-refractivity contribution >= 4 is 11.7 Å². The van der Waals surface area contributed by atoms with Gasteiger partial charge >= 0.3 is 0 Å². The second-order valence-electron chi connectivity index (χ2n) is 9.86. The molecular formula is C26H30N2O3. The number of hydrogen-bond donors (Lipinski definition) is 2. The number of benzene rings is 1. The zero-order valence-corrected chi connectivity index (χ0v) is 18.9. The Morgan fingerprint density at radius 3 is 2.45 bits per heavy atom. The van der Waals surface area contributed by atoms with E-state index in [1.807, 2.05) is 6.07 Å². The predicted molar refractivity (Wildman–Crippen MR) is 122 cm³/mol. The number of hydrogen-bond acceptors (Lipinski definition) is 4. The van der Waals surface area contributed by atoms with Crippen LogP contribution in [-0.2, 0) is 17.3 Å². The summed E-state index contributed by atoms with van der Waals surface area (Å²) in [6.07, 6.45) is 4.48. The van der Waals surface area contributed by atoms with Crippen LogP contribution in [0.5, 0.6) is 5.75 Å². The highest BCUT2D eigenvalue weighted by Gasteiger charge is 2.37. The molecule has 1 aromatic carbocycles. The minimum Gasteiger partial charge on any atom is -0.504 e. The van der Waals surface area contributed by atoms with Crippen LogP contribution in [0.25, 0.3) is 0 Å². The van der Waals surface area contributed by atoms with Gasteiger partial charge in [0.2, 0.25) is 0 Å². The van der Waals surface area contributed by atoms with Gasteiger partial charge in [0, 0.05) is 12.6 Å². The lowest BCUT2D eigenvalue weighted by atomic mass is 9.62. The van der Waals surface area contributed by atoms with Crippen molar-refractivity contribution in [2.75, 3.05) is 5.32 Å². The molecule has 0 saturated carbocycles. The topological polar surface area (TPSA) is 75.4 Å². The highest BCUT2D eigenvalue weighted by molar-refractivity contribution is 6.02. The summed E-state index contributed by atoms with van der Waals surface area (Å²) in [7, 11) is 0. The van der Waals surface area contributed by atoms with E-state index >= 15 is 0 Å². The second kappa shape index (κ2) is 7.56. The molecule has 0 fully saturated rings. The SMILES string of the molecule is Cc1cc2c(cc1Cc1ccc(C(=O)Nc3ncccc3O)o1)C(C)(C)CCC2(C)C. The van der Waals surface area contributed by atoms with Crippen molar-refractivity contribution in [3.8, 4) is 5.75 Å². The van der Waals surface area contributed by atoms with E-state index in [-0.39, 0.29) is 28.2 Å². The maximum Gasteiger partial charge on any atom is 0.292 e. The molecule has 5 heteroatoms. The fourth-order valence-electron chi connectivity index (χ4n) is 4.40. The van der Waals surface area contributed by atoms with Gasteiger partial charge in [0.1, 0.15) is 5.76 Å². The molecule has 162 valence electrons. The van der Waals surface area contributed by atoms with E-state index in [2.05, 4.69) is 57.1 Å². The number of carbonyl (C=O) groups is 1. The van der Waals surface area contributed by atoms with Crippen molar-refractivity contribution in [1.29, 1.82) is 0 Å². The summed E-state index contributed by atoms with van der Waals surface area (Å²) in [6, 6.07) is 11.2. The van der Waals surface area contributed by atoms with Gasteiger partial charge in [-0.25, -0.2) is 4.98 Å². The number of nitrogens with one attached hydrogen (secondary N) is 1. The first-order valence-electron chi connectivity index (χ1n) is 10.8. The van der Waals surface area contributed by atoms with E-state index in [0.29, 0.717) is 6.42 Å². The molecule has 1 amide bonds. The summed E-state index contributed by atoms with van der Waals surface area (Å²) >= 11 is 0. The molecule has 31 heavy (non-hydrogen) atoms. The van der Waals surface area contributed by atoms with Gasteiger partial charge in [0.25, 0.3) is 5.91 Å². The van der Waals surface area contributed by atoms with Gasteiger partial charge in [0.15, 0.2) is 17.3 Å². The Hall–Kier alpha value is -3.08. The van der Waals surface area contributed by atoms with Crippen molar-refractivity contribution in [3.63, 3.8) is 0 Å². The quantitative estimate of drug-likeness (QED) is 0.555. The predicted octanol–water partition coefficient (Wildman–Crippen LogP) is 5.88. The molecular weight excluding hydrogens is 388 g/mol. The molecule has 0 aliphatic heterocycles. The van der Waals surface area contributed by atoms with Gasteiger partial charge in [-0.3, -0.25) is 4.79 Å². The smallest absolute Gasteiger partial charge is 0.292 e. The average Bonchev–Trinajstić information content (AvgIpc) is 3.17. The van der Waals surface area contributed by atoms with Crippen molar-refractivity contribution in [2.24, 2.45) is 0 Å². The zero-order chi connectivity index (χ0) is 22.4. The van der Waals surface area contributed by atoms with Gasteiger partial charge in [-0.1, -0.05) is 39.8 Å². The van der Waals surface area contributed by atoms with Gasteiger partial charge in [0.05, 0.1) is 0 Å². The first-order valence-corrected chi connectivity index (χ1v) is 10.8. The van der Waals surface area contributed by atoms with Crippen molar-refractivity contribution in [3.05, 3.63) is 76.4 Å². The molecule has 3 aromatic rings. The molecule has 0 bridgehead atoms. The van der Waals surface area contributed by atoms with E-state index in [9.17, 15) is 9.90 Å². The third-order valence-corrected chi connectivity index (χ3v) is 6.58. The number of amides is 1. The molecule has 0 radical (unpaired) electrons. The standard InChI is InChI=1S/C26H30N2O3/c1-16-13-19-20(26(4,5)11-10-25(19,2)3)15-17(16)14-18-8-9-22(31-18)24(30)28-23-21(29)7-6-12-27-23/h6-9,12-13,15,29H,10-11,14H2,1-5H3,(H,27,28,30). The molecule has 0 saturated heterocycles. The van der Waals surface area contributed by atoms with Crippen LogP contribution in [0, 0.1) is 6.92 Å². The van der Waals surface area contributed by atoms with Crippen LogP contribution in [0.1, 0.15) is 79.1 Å².